The van der Waals surface area contributed by atoms with Crippen LogP contribution in [0.5, 0.6) is 0 Å². The highest BCUT2D eigenvalue weighted by molar-refractivity contribution is 9.11. The lowest BCUT2D eigenvalue weighted by Crippen LogP contribution is -2.45. The van der Waals surface area contributed by atoms with E-state index in [4.69, 9.17) is 4.98 Å². The SMILES string of the molecule is Brc1ccc2nc(CN3CCN(Cc4ccc(Br)s4)CC3)cn2c1. The van der Waals surface area contributed by atoms with Gasteiger partial charge in [-0.3, -0.25) is 9.80 Å². The summed E-state index contributed by atoms with van der Waals surface area (Å²) in [7, 11) is 0. The molecule has 0 aliphatic carbocycles. The second-order valence-corrected chi connectivity index (χ2v) is 9.57. The molecule has 3 aromatic rings. The van der Waals surface area contributed by atoms with Gasteiger partial charge in [-0.1, -0.05) is 0 Å². The number of rotatable bonds is 4. The van der Waals surface area contributed by atoms with Crippen molar-refractivity contribution in [3.63, 3.8) is 0 Å². The molecule has 0 atom stereocenters. The van der Waals surface area contributed by atoms with Crippen LogP contribution in [-0.4, -0.2) is 45.4 Å². The molecule has 4 heterocycles. The molecule has 4 rings (SSSR count). The number of pyridine rings is 1. The van der Waals surface area contributed by atoms with Crippen molar-refractivity contribution >= 4 is 48.8 Å². The number of aromatic nitrogens is 2. The van der Waals surface area contributed by atoms with Crippen LogP contribution in [0.1, 0.15) is 10.6 Å². The molecule has 4 nitrogen and oxygen atoms in total. The Labute approximate surface area is 162 Å². The van der Waals surface area contributed by atoms with Gasteiger partial charge in [0, 0.05) is 61.0 Å². The van der Waals surface area contributed by atoms with E-state index in [-0.39, 0.29) is 0 Å². The molecule has 126 valence electrons. The average Bonchev–Trinajstić information content (AvgIpc) is 3.14. The Hall–Kier alpha value is -0.730. The van der Waals surface area contributed by atoms with Crippen LogP contribution in [0, 0.1) is 0 Å². The van der Waals surface area contributed by atoms with E-state index in [0.717, 1.165) is 55.1 Å². The van der Waals surface area contributed by atoms with Gasteiger partial charge in [-0.2, -0.15) is 0 Å². The summed E-state index contributed by atoms with van der Waals surface area (Å²) in [6.07, 6.45) is 4.19. The lowest BCUT2D eigenvalue weighted by molar-refractivity contribution is 0.122. The largest absolute Gasteiger partial charge is 0.306 e. The number of imidazole rings is 1. The van der Waals surface area contributed by atoms with Crippen molar-refractivity contribution in [3.8, 4) is 0 Å². The lowest BCUT2D eigenvalue weighted by Gasteiger charge is -2.34. The Morgan fingerprint density at radius 2 is 1.67 bits per heavy atom. The van der Waals surface area contributed by atoms with E-state index in [9.17, 15) is 0 Å². The molecule has 3 aromatic heterocycles. The minimum atomic E-state index is 0.928. The van der Waals surface area contributed by atoms with Crippen LogP contribution in [0.15, 0.2) is 44.9 Å². The van der Waals surface area contributed by atoms with Gasteiger partial charge in [-0.15, -0.1) is 11.3 Å². The fourth-order valence-electron chi connectivity index (χ4n) is 3.09. The maximum Gasteiger partial charge on any atom is 0.137 e. The van der Waals surface area contributed by atoms with Crippen molar-refractivity contribution in [1.82, 2.24) is 19.2 Å². The van der Waals surface area contributed by atoms with E-state index in [2.05, 4.69) is 70.6 Å². The Morgan fingerprint density at radius 3 is 2.38 bits per heavy atom. The molecule has 0 saturated carbocycles. The summed E-state index contributed by atoms with van der Waals surface area (Å²) in [6, 6.07) is 8.44. The van der Waals surface area contributed by atoms with Crippen molar-refractivity contribution in [1.29, 1.82) is 0 Å². The molecule has 0 radical (unpaired) electrons. The molecule has 7 heteroatoms. The van der Waals surface area contributed by atoms with Gasteiger partial charge in [0.05, 0.1) is 9.48 Å². The van der Waals surface area contributed by atoms with Crippen molar-refractivity contribution in [2.75, 3.05) is 26.2 Å². The predicted octanol–water partition coefficient (Wildman–Crippen LogP) is 4.24. The normalized spacial score (nSPS) is 16.9. The monoisotopic (exact) mass is 468 g/mol. The molecule has 1 fully saturated rings. The number of hydrogen-bond donors (Lipinski definition) is 0. The number of fused-ring (bicyclic) bond motifs is 1. The van der Waals surface area contributed by atoms with Crippen molar-refractivity contribution < 1.29 is 0 Å². The first-order valence-electron chi connectivity index (χ1n) is 7.98. The first kappa shape index (κ1) is 16.7. The fourth-order valence-corrected chi connectivity index (χ4v) is 4.96. The van der Waals surface area contributed by atoms with E-state index in [1.165, 1.54) is 8.66 Å². The zero-order chi connectivity index (χ0) is 16.5. The predicted molar refractivity (Wildman–Crippen MR) is 105 cm³/mol. The van der Waals surface area contributed by atoms with Crippen LogP contribution >= 0.6 is 43.2 Å². The highest BCUT2D eigenvalue weighted by Crippen LogP contribution is 2.23. The Kier molecular flexibility index (Phi) is 5.05. The van der Waals surface area contributed by atoms with E-state index >= 15 is 0 Å². The molecule has 1 aliphatic rings. The number of nitrogens with zero attached hydrogens (tertiary/aromatic N) is 4. The van der Waals surface area contributed by atoms with Crippen molar-refractivity contribution in [2.24, 2.45) is 0 Å². The molecule has 24 heavy (non-hydrogen) atoms. The summed E-state index contributed by atoms with van der Waals surface area (Å²) in [5.74, 6) is 0. The van der Waals surface area contributed by atoms with Gasteiger partial charge in [0.1, 0.15) is 5.65 Å². The molecule has 0 spiro atoms. The number of halogens is 2. The highest BCUT2D eigenvalue weighted by atomic mass is 79.9. The number of thiophene rings is 1. The minimum absolute atomic E-state index is 0.928. The first-order chi connectivity index (χ1) is 11.7. The highest BCUT2D eigenvalue weighted by Gasteiger charge is 2.18. The number of hydrogen-bond acceptors (Lipinski definition) is 4. The summed E-state index contributed by atoms with van der Waals surface area (Å²) in [6.45, 7) is 6.43. The number of piperazine rings is 1. The van der Waals surface area contributed by atoms with Crippen LogP contribution in [0.3, 0.4) is 0 Å². The zero-order valence-electron chi connectivity index (χ0n) is 13.2. The van der Waals surface area contributed by atoms with Crippen LogP contribution in [0.4, 0.5) is 0 Å². The second-order valence-electron chi connectivity index (χ2n) is 6.10. The Morgan fingerprint density at radius 1 is 0.917 bits per heavy atom. The molecule has 0 N–H and O–H groups in total. The zero-order valence-corrected chi connectivity index (χ0v) is 17.1. The third kappa shape index (κ3) is 3.91. The third-order valence-electron chi connectivity index (χ3n) is 4.32. The molecular weight excluding hydrogens is 452 g/mol. The van der Waals surface area contributed by atoms with Gasteiger partial charge in [0.25, 0.3) is 0 Å². The summed E-state index contributed by atoms with van der Waals surface area (Å²) in [4.78, 5) is 11.2. The fraction of sp³-hybridized carbons (Fsp3) is 0.353. The summed E-state index contributed by atoms with van der Waals surface area (Å²) >= 11 is 8.88. The molecule has 0 bridgehead atoms. The van der Waals surface area contributed by atoms with Gasteiger partial charge in [-0.05, 0) is 56.1 Å². The van der Waals surface area contributed by atoms with Gasteiger partial charge >= 0.3 is 0 Å². The Bertz CT molecular complexity index is 836. The van der Waals surface area contributed by atoms with Crippen molar-refractivity contribution in [2.45, 2.75) is 13.1 Å². The second kappa shape index (κ2) is 7.25. The molecule has 1 aliphatic heterocycles. The van der Waals surface area contributed by atoms with E-state index < -0.39 is 0 Å². The van der Waals surface area contributed by atoms with Crippen LogP contribution in [0.2, 0.25) is 0 Å². The average molecular weight is 470 g/mol. The molecule has 1 saturated heterocycles. The third-order valence-corrected chi connectivity index (χ3v) is 6.40. The summed E-state index contributed by atoms with van der Waals surface area (Å²) in [5, 5.41) is 0. The quantitative estimate of drug-likeness (QED) is 0.571. The summed E-state index contributed by atoms with van der Waals surface area (Å²) < 4.78 is 4.38. The van der Waals surface area contributed by atoms with Crippen LogP contribution in [0.25, 0.3) is 5.65 Å². The molecule has 0 unspecified atom stereocenters. The van der Waals surface area contributed by atoms with Crippen molar-refractivity contribution in [3.05, 3.63) is 55.5 Å². The minimum Gasteiger partial charge on any atom is -0.306 e. The maximum absolute atomic E-state index is 4.72. The van der Waals surface area contributed by atoms with E-state index in [0.29, 0.717) is 0 Å². The van der Waals surface area contributed by atoms with Crippen LogP contribution < -0.4 is 0 Å². The van der Waals surface area contributed by atoms with Gasteiger partial charge in [-0.25, -0.2) is 4.98 Å². The smallest absolute Gasteiger partial charge is 0.137 e. The van der Waals surface area contributed by atoms with E-state index in [1.807, 2.05) is 23.5 Å². The molecular formula is C17H18Br2N4S. The molecule has 0 aromatic carbocycles. The standard InChI is InChI=1S/C17H18Br2N4S/c18-13-1-4-17-20-14(11-23(17)9-13)10-21-5-7-22(8-6-21)12-15-2-3-16(19)24-15/h1-4,9,11H,5-8,10,12H2. The van der Waals surface area contributed by atoms with E-state index in [1.54, 1.807) is 0 Å². The lowest BCUT2D eigenvalue weighted by atomic mass is 10.3. The van der Waals surface area contributed by atoms with Gasteiger partial charge < -0.3 is 4.40 Å². The van der Waals surface area contributed by atoms with Gasteiger partial charge in [0.2, 0.25) is 0 Å². The van der Waals surface area contributed by atoms with Crippen LogP contribution in [-0.2, 0) is 13.1 Å². The first-order valence-corrected chi connectivity index (χ1v) is 10.4. The topological polar surface area (TPSA) is 23.8 Å². The maximum atomic E-state index is 4.72. The summed E-state index contributed by atoms with van der Waals surface area (Å²) in [5.41, 5.74) is 2.15. The molecule has 0 amide bonds. The Balaban J connectivity index is 1.33. The van der Waals surface area contributed by atoms with Gasteiger partial charge in [0.15, 0.2) is 0 Å².